The van der Waals surface area contributed by atoms with Gasteiger partial charge in [0.05, 0.1) is 15.1 Å². The molecule has 1 N–H and O–H groups in total. The van der Waals surface area contributed by atoms with Gasteiger partial charge >= 0.3 is 0 Å². The Morgan fingerprint density at radius 3 is 2.52 bits per heavy atom. The third-order valence-electron chi connectivity index (χ3n) is 4.48. The van der Waals surface area contributed by atoms with E-state index in [1.165, 1.54) is 23.5 Å². The topological polar surface area (TPSA) is 112 Å². The lowest BCUT2D eigenvalue weighted by Crippen LogP contribution is -2.12. The number of hydrogen-bond donors (Lipinski definition) is 1. The zero-order valence-corrected chi connectivity index (χ0v) is 17.2. The number of fused-ring (bicyclic) bond motifs is 1. The Labute approximate surface area is 184 Å². The number of thiazole rings is 1. The maximum atomic E-state index is 11.0. The minimum Gasteiger partial charge on any atom is -0.265 e. The Morgan fingerprint density at radius 2 is 1.81 bits per heavy atom. The molecule has 0 saturated heterocycles. The molecule has 0 aliphatic heterocycles. The monoisotopic (exact) mass is 449 g/mol. The zero-order chi connectivity index (χ0) is 21.4. The van der Waals surface area contributed by atoms with Gasteiger partial charge in [0.1, 0.15) is 0 Å². The van der Waals surface area contributed by atoms with Crippen LogP contribution in [-0.4, -0.2) is 29.8 Å². The fourth-order valence-corrected chi connectivity index (χ4v) is 4.16. The predicted octanol–water partition coefficient (Wildman–Crippen LogP) is 5.05. The van der Waals surface area contributed by atoms with Gasteiger partial charge in [-0.2, -0.15) is 0 Å². The van der Waals surface area contributed by atoms with Gasteiger partial charge < -0.3 is 0 Å². The molecule has 31 heavy (non-hydrogen) atoms. The summed E-state index contributed by atoms with van der Waals surface area (Å²) in [6.45, 7) is 0. The molecular weight excluding hydrogens is 438 g/mol. The Morgan fingerprint density at radius 1 is 1.03 bits per heavy atom. The van der Waals surface area contributed by atoms with E-state index in [4.69, 9.17) is 11.6 Å². The standard InChI is InChI=1S/C20H12ClN7O2S/c21-14-5-8-16-17(10-14)31-20(23-16)26-27-18(12-3-6-15(7-4-12)28(29)30)24-25-19(27)13-2-1-9-22-11-13/h1-11H,(H,23,26). The second-order valence-electron chi connectivity index (χ2n) is 6.47. The summed E-state index contributed by atoms with van der Waals surface area (Å²) in [4.78, 5) is 19.3. The van der Waals surface area contributed by atoms with Crippen LogP contribution in [0, 0.1) is 10.1 Å². The smallest absolute Gasteiger partial charge is 0.265 e. The number of benzene rings is 2. The van der Waals surface area contributed by atoms with E-state index in [1.54, 1.807) is 41.3 Å². The molecule has 9 nitrogen and oxygen atoms in total. The zero-order valence-electron chi connectivity index (χ0n) is 15.6. The van der Waals surface area contributed by atoms with Crippen LogP contribution in [0.25, 0.3) is 33.0 Å². The van der Waals surface area contributed by atoms with E-state index in [-0.39, 0.29) is 5.69 Å². The fourth-order valence-electron chi connectivity index (χ4n) is 3.03. The van der Waals surface area contributed by atoms with Crippen molar-refractivity contribution in [1.82, 2.24) is 24.8 Å². The summed E-state index contributed by atoms with van der Waals surface area (Å²) >= 11 is 7.53. The van der Waals surface area contributed by atoms with Gasteiger partial charge in [-0.1, -0.05) is 22.9 Å². The van der Waals surface area contributed by atoms with Crippen LogP contribution in [0.2, 0.25) is 5.02 Å². The second-order valence-corrected chi connectivity index (χ2v) is 7.94. The summed E-state index contributed by atoms with van der Waals surface area (Å²) in [7, 11) is 0. The quantitative estimate of drug-likeness (QED) is 0.295. The van der Waals surface area contributed by atoms with Crippen LogP contribution < -0.4 is 5.43 Å². The average Bonchev–Trinajstić information content (AvgIpc) is 3.38. The molecule has 152 valence electrons. The van der Waals surface area contributed by atoms with Crippen LogP contribution in [0.5, 0.6) is 0 Å². The molecule has 0 aliphatic rings. The van der Waals surface area contributed by atoms with Crippen LogP contribution >= 0.6 is 22.9 Å². The van der Waals surface area contributed by atoms with Gasteiger partial charge in [0.15, 0.2) is 11.6 Å². The van der Waals surface area contributed by atoms with Gasteiger partial charge in [0.2, 0.25) is 5.13 Å². The molecule has 0 spiro atoms. The first-order valence-corrected chi connectivity index (χ1v) is 10.2. The number of halogens is 1. The van der Waals surface area contributed by atoms with E-state index in [0.29, 0.717) is 27.4 Å². The third kappa shape index (κ3) is 3.69. The summed E-state index contributed by atoms with van der Waals surface area (Å²) in [5.41, 5.74) is 5.47. The molecule has 0 radical (unpaired) electrons. The maximum Gasteiger partial charge on any atom is 0.269 e. The van der Waals surface area contributed by atoms with Gasteiger partial charge in [-0.15, -0.1) is 10.2 Å². The van der Waals surface area contributed by atoms with Crippen LogP contribution in [0.4, 0.5) is 10.8 Å². The Hall–Kier alpha value is -3.89. The highest BCUT2D eigenvalue weighted by molar-refractivity contribution is 7.22. The summed E-state index contributed by atoms with van der Waals surface area (Å²) in [5.74, 6) is 1.00. The fraction of sp³-hybridized carbons (Fsp3) is 0. The number of nitro benzene ring substituents is 1. The molecule has 11 heteroatoms. The Kier molecular flexibility index (Phi) is 4.77. The van der Waals surface area contributed by atoms with Crippen molar-refractivity contribution < 1.29 is 4.92 Å². The van der Waals surface area contributed by atoms with Crippen LogP contribution in [0.1, 0.15) is 0 Å². The highest BCUT2D eigenvalue weighted by atomic mass is 35.5. The number of anilines is 1. The van der Waals surface area contributed by atoms with Crippen LogP contribution in [0.15, 0.2) is 67.0 Å². The van der Waals surface area contributed by atoms with Crippen molar-refractivity contribution in [2.24, 2.45) is 0 Å². The molecule has 0 unspecified atom stereocenters. The van der Waals surface area contributed by atoms with Crippen molar-refractivity contribution in [3.63, 3.8) is 0 Å². The van der Waals surface area contributed by atoms with Gasteiger partial charge in [-0.05, 0) is 42.5 Å². The highest BCUT2D eigenvalue weighted by Crippen LogP contribution is 2.31. The maximum absolute atomic E-state index is 11.0. The van der Waals surface area contributed by atoms with Crippen molar-refractivity contribution in [2.45, 2.75) is 0 Å². The lowest BCUT2D eigenvalue weighted by atomic mass is 10.2. The number of rotatable bonds is 5. The van der Waals surface area contributed by atoms with Crippen molar-refractivity contribution in [1.29, 1.82) is 0 Å². The van der Waals surface area contributed by atoms with Crippen molar-refractivity contribution in [3.05, 3.63) is 82.1 Å². The van der Waals surface area contributed by atoms with Gasteiger partial charge in [0, 0.05) is 40.7 Å². The molecule has 0 bridgehead atoms. The molecular formula is C20H12ClN7O2S. The first kappa shape index (κ1) is 19.1. The molecule has 0 saturated carbocycles. The summed E-state index contributed by atoms with van der Waals surface area (Å²) in [6, 6.07) is 15.3. The van der Waals surface area contributed by atoms with E-state index in [1.807, 2.05) is 18.2 Å². The molecule has 2 aromatic carbocycles. The van der Waals surface area contributed by atoms with E-state index in [0.717, 1.165) is 15.8 Å². The number of nitrogens with zero attached hydrogens (tertiary/aromatic N) is 6. The summed E-state index contributed by atoms with van der Waals surface area (Å²) in [5, 5.41) is 20.9. The minimum absolute atomic E-state index is 0.00157. The molecule has 5 rings (SSSR count). The van der Waals surface area contributed by atoms with E-state index in [9.17, 15) is 10.1 Å². The Bertz CT molecular complexity index is 1400. The van der Waals surface area contributed by atoms with Crippen LogP contribution in [0.3, 0.4) is 0 Å². The number of hydrogen-bond acceptors (Lipinski definition) is 8. The summed E-state index contributed by atoms with van der Waals surface area (Å²) in [6.07, 6.45) is 3.35. The Balaban J connectivity index is 1.61. The molecule has 0 aliphatic carbocycles. The first-order valence-electron chi connectivity index (χ1n) is 9.02. The van der Waals surface area contributed by atoms with E-state index < -0.39 is 4.92 Å². The minimum atomic E-state index is -0.444. The van der Waals surface area contributed by atoms with E-state index in [2.05, 4.69) is 25.6 Å². The van der Waals surface area contributed by atoms with Crippen molar-refractivity contribution in [2.75, 3.05) is 5.43 Å². The van der Waals surface area contributed by atoms with Gasteiger partial charge in [-0.25, -0.2) is 9.66 Å². The molecule has 5 aromatic rings. The summed E-state index contributed by atoms with van der Waals surface area (Å²) < 4.78 is 2.63. The molecule has 0 atom stereocenters. The normalized spacial score (nSPS) is 11.0. The average molecular weight is 450 g/mol. The number of aromatic nitrogens is 5. The van der Waals surface area contributed by atoms with Crippen molar-refractivity contribution >= 4 is 44.0 Å². The largest absolute Gasteiger partial charge is 0.269 e. The van der Waals surface area contributed by atoms with Crippen LogP contribution in [-0.2, 0) is 0 Å². The van der Waals surface area contributed by atoms with Crippen molar-refractivity contribution in [3.8, 4) is 22.8 Å². The molecule has 3 aromatic heterocycles. The number of pyridine rings is 1. The molecule has 0 fully saturated rings. The lowest BCUT2D eigenvalue weighted by molar-refractivity contribution is -0.384. The highest BCUT2D eigenvalue weighted by Gasteiger charge is 2.18. The second kappa shape index (κ2) is 7.74. The molecule has 3 heterocycles. The number of nitrogens with one attached hydrogen (secondary N) is 1. The number of non-ortho nitro benzene ring substituents is 1. The lowest BCUT2D eigenvalue weighted by Gasteiger charge is -2.10. The first-order chi connectivity index (χ1) is 15.1. The van der Waals surface area contributed by atoms with Gasteiger partial charge in [-0.3, -0.25) is 20.5 Å². The SMILES string of the molecule is O=[N+]([O-])c1ccc(-c2nnc(-c3cccnc3)n2Nc2nc3ccc(Cl)cc3s2)cc1. The van der Waals surface area contributed by atoms with Gasteiger partial charge in [0.25, 0.3) is 5.69 Å². The molecule has 0 amide bonds. The predicted molar refractivity (Wildman–Crippen MR) is 119 cm³/mol. The number of nitro groups is 1. The van der Waals surface area contributed by atoms with E-state index >= 15 is 0 Å². The third-order valence-corrected chi connectivity index (χ3v) is 5.63.